The zero-order valence-electron chi connectivity index (χ0n) is 27.6. The van der Waals surface area contributed by atoms with Crippen molar-refractivity contribution >= 4 is 75.1 Å². The molecule has 0 saturated heterocycles. The molecule has 2 nitrogen and oxygen atoms in total. The van der Waals surface area contributed by atoms with Gasteiger partial charge in [0, 0.05) is 47.4 Å². The lowest BCUT2D eigenvalue weighted by molar-refractivity contribution is 1.17. The second-order valence-electron chi connectivity index (χ2n) is 13.3. The van der Waals surface area contributed by atoms with E-state index in [1.54, 1.807) is 0 Å². The SMILES string of the molecule is c1ccc(-c2ccc(-c3ccc(-n4c5ccccc5c5cc6c7ccccc7n(-c7cccc8sc9ccccc9c78)c6cc54)cc3)cc2)cc1. The molecule has 0 bridgehead atoms. The van der Waals surface area contributed by atoms with Gasteiger partial charge in [0.25, 0.3) is 0 Å². The van der Waals surface area contributed by atoms with Crippen molar-refractivity contribution in [2.45, 2.75) is 0 Å². The van der Waals surface area contributed by atoms with Crippen molar-refractivity contribution in [3.8, 4) is 33.6 Å². The quantitative estimate of drug-likeness (QED) is 0.177. The summed E-state index contributed by atoms with van der Waals surface area (Å²) >= 11 is 1.87. The van der Waals surface area contributed by atoms with Gasteiger partial charge in [-0.05, 0) is 76.9 Å². The summed E-state index contributed by atoms with van der Waals surface area (Å²) in [7, 11) is 0. The van der Waals surface area contributed by atoms with Crippen LogP contribution in [0.15, 0.2) is 182 Å². The van der Waals surface area contributed by atoms with E-state index >= 15 is 0 Å². The van der Waals surface area contributed by atoms with E-state index in [1.165, 1.54) is 91.7 Å². The van der Waals surface area contributed by atoms with Gasteiger partial charge < -0.3 is 9.13 Å². The maximum Gasteiger partial charge on any atom is 0.0562 e. The lowest BCUT2D eigenvalue weighted by Crippen LogP contribution is -1.96. The summed E-state index contributed by atoms with van der Waals surface area (Å²) in [6.07, 6.45) is 0. The largest absolute Gasteiger partial charge is 0.309 e. The number of fused-ring (bicyclic) bond motifs is 9. The van der Waals surface area contributed by atoms with Crippen LogP contribution in [0.3, 0.4) is 0 Å². The molecule has 0 saturated carbocycles. The molecule has 3 heterocycles. The van der Waals surface area contributed by atoms with Gasteiger partial charge in [0.1, 0.15) is 0 Å². The first-order valence-electron chi connectivity index (χ1n) is 17.4. The van der Waals surface area contributed by atoms with E-state index in [4.69, 9.17) is 0 Å². The second-order valence-corrected chi connectivity index (χ2v) is 14.4. The average molecular weight is 667 g/mol. The van der Waals surface area contributed by atoms with E-state index in [0.717, 1.165) is 5.69 Å². The molecule has 0 fully saturated rings. The topological polar surface area (TPSA) is 9.86 Å². The van der Waals surface area contributed by atoms with Crippen LogP contribution in [0, 0.1) is 0 Å². The third kappa shape index (κ3) is 4.29. The van der Waals surface area contributed by atoms with E-state index in [0.29, 0.717) is 0 Å². The molecule has 0 radical (unpaired) electrons. The maximum absolute atomic E-state index is 2.50. The van der Waals surface area contributed by atoms with Gasteiger partial charge in [-0.3, -0.25) is 0 Å². The first kappa shape index (κ1) is 28.4. The Morgan fingerprint density at radius 3 is 1.51 bits per heavy atom. The molecule has 0 aliphatic rings. The van der Waals surface area contributed by atoms with Crippen LogP contribution >= 0.6 is 11.3 Å². The van der Waals surface area contributed by atoms with Gasteiger partial charge >= 0.3 is 0 Å². The van der Waals surface area contributed by atoms with Crippen molar-refractivity contribution in [2.75, 3.05) is 0 Å². The molecule has 8 aromatic carbocycles. The number of hydrogen-bond acceptors (Lipinski definition) is 1. The molecule has 0 N–H and O–H groups in total. The van der Waals surface area contributed by atoms with Crippen LogP contribution in [0.5, 0.6) is 0 Å². The molecule has 0 amide bonds. The molecule has 0 unspecified atom stereocenters. The Bertz CT molecular complexity index is 3100. The minimum absolute atomic E-state index is 1.15. The summed E-state index contributed by atoms with van der Waals surface area (Å²) in [6.45, 7) is 0. The molecule has 0 atom stereocenters. The van der Waals surface area contributed by atoms with Crippen LogP contribution in [0.4, 0.5) is 0 Å². The predicted octanol–water partition coefficient (Wildman–Crippen LogP) is 13.6. The van der Waals surface area contributed by atoms with E-state index in [9.17, 15) is 0 Å². The summed E-state index contributed by atoms with van der Waals surface area (Å²) < 4.78 is 7.56. The van der Waals surface area contributed by atoms with Crippen molar-refractivity contribution in [1.29, 1.82) is 0 Å². The Labute approximate surface area is 298 Å². The predicted molar refractivity (Wildman–Crippen MR) is 219 cm³/mol. The van der Waals surface area contributed by atoms with Crippen molar-refractivity contribution in [3.63, 3.8) is 0 Å². The lowest BCUT2D eigenvalue weighted by atomic mass is 10.0. The Kier molecular flexibility index (Phi) is 6.16. The van der Waals surface area contributed by atoms with E-state index in [1.807, 2.05) is 11.3 Å². The Hall–Kier alpha value is -6.42. The molecule has 3 aromatic heterocycles. The van der Waals surface area contributed by atoms with Crippen molar-refractivity contribution in [3.05, 3.63) is 182 Å². The Morgan fingerprint density at radius 2 is 0.824 bits per heavy atom. The highest BCUT2D eigenvalue weighted by Gasteiger charge is 2.20. The van der Waals surface area contributed by atoms with Gasteiger partial charge in [-0.1, -0.05) is 127 Å². The number of para-hydroxylation sites is 2. The Morgan fingerprint density at radius 1 is 0.314 bits per heavy atom. The molecule has 0 aliphatic carbocycles. The van der Waals surface area contributed by atoms with Crippen LogP contribution in [-0.2, 0) is 0 Å². The average Bonchev–Trinajstić information content (AvgIpc) is 3.85. The molecule has 51 heavy (non-hydrogen) atoms. The molecule has 11 aromatic rings. The van der Waals surface area contributed by atoms with Crippen molar-refractivity contribution in [2.24, 2.45) is 0 Å². The summed E-state index contributed by atoms with van der Waals surface area (Å²) in [5.74, 6) is 0. The zero-order chi connectivity index (χ0) is 33.5. The molecular weight excluding hydrogens is 637 g/mol. The minimum Gasteiger partial charge on any atom is -0.309 e. The van der Waals surface area contributed by atoms with E-state index < -0.39 is 0 Å². The van der Waals surface area contributed by atoms with E-state index in [2.05, 4.69) is 191 Å². The molecular formula is C48H30N2S. The highest BCUT2D eigenvalue weighted by Crippen LogP contribution is 2.43. The highest BCUT2D eigenvalue weighted by molar-refractivity contribution is 7.25. The molecule has 11 rings (SSSR count). The number of thiophene rings is 1. The third-order valence-electron chi connectivity index (χ3n) is 10.5. The fourth-order valence-corrected chi connectivity index (χ4v) is 9.33. The van der Waals surface area contributed by atoms with Gasteiger partial charge in [0.15, 0.2) is 0 Å². The van der Waals surface area contributed by atoms with Crippen LogP contribution in [0.1, 0.15) is 0 Å². The highest BCUT2D eigenvalue weighted by atomic mass is 32.1. The summed E-state index contributed by atoms with van der Waals surface area (Å²) in [5, 5.41) is 7.69. The van der Waals surface area contributed by atoms with Gasteiger partial charge in [-0.2, -0.15) is 0 Å². The van der Waals surface area contributed by atoms with Crippen LogP contribution < -0.4 is 0 Å². The van der Waals surface area contributed by atoms with Gasteiger partial charge in [-0.25, -0.2) is 0 Å². The zero-order valence-corrected chi connectivity index (χ0v) is 28.4. The first-order valence-corrected chi connectivity index (χ1v) is 18.3. The van der Waals surface area contributed by atoms with Gasteiger partial charge in [0.2, 0.25) is 0 Å². The summed E-state index contributed by atoms with van der Waals surface area (Å²) in [6, 6.07) is 66.6. The number of hydrogen-bond donors (Lipinski definition) is 0. The first-order chi connectivity index (χ1) is 25.3. The number of aromatic nitrogens is 2. The lowest BCUT2D eigenvalue weighted by Gasteiger charge is -2.12. The van der Waals surface area contributed by atoms with Gasteiger partial charge in [-0.15, -0.1) is 11.3 Å². The summed E-state index contributed by atoms with van der Waals surface area (Å²) in [4.78, 5) is 0. The third-order valence-corrected chi connectivity index (χ3v) is 11.7. The second kappa shape index (κ2) is 11.0. The smallest absolute Gasteiger partial charge is 0.0562 e. The van der Waals surface area contributed by atoms with Crippen LogP contribution in [0.2, 0.25) is 0 Å². The monoisotopic (exact) mass is 666 g/mol. The van der Waals surface area contributed by atoms with E-state index in [-0.39, 0.29) is 0 Å². The molecule has 3 heteroatoms. The van der Waals surface area contributed by atoms with Crippen LogP contribution in [-0.4, -0.2) is 9.13 Å². The van der Waals surface area contributed by atoms with Gasteiger partial charge in [0.05, 0.1) is 27.8 Å². The molecule has 0 aliphatic heterocycles. The fraction of sp³-hybridized carbons (Fsp3) is 0. The number of nitrogens with zero attached hydrogens (tertiary/aromatic N) is 2. The van der Waals surface area contributed by atoms with Crippen LogP contribution in [0.25, 0.3) is 97.4 Å². The normalized spacial score (nSPS) is 11.9. The van der Waals surface area contributed by atoms with Crippen molar-refractivity contribution in [1.82, 2.24) is 9.13 Å². The fourth-order valence-electron chi connectivity index (χ4n) is 8.20. The number of benzene rings is 8. The minimum atomic E-state index is 1.15. The molecule has 238 valence electrons. The van der Waals surface area contributed by atoms with Crippen molar-refractivity contribution < 1.29 is 0 Å². The number of rotatable bonds is 4. The standard InChI is InChI=1S/C48H30N2S/c1-2-11-31(12-3-1)32-21-23-33(24-22-32)34-25-27-35(28-26-34)49-41-16-7-4-13-36(41)39-29-40-37-14-5-8-17-42(37)50(45(40)30-44(39)49)43-18-10-20-47-48(43)38-15-6-9-19-46(38)51-47/h1-30H. The maximum atomic E-state index is 2.50. The Balaban J connectivity index is 1.13. The molecule has 0 spiro atoms. The summed E-state index contributed by atoms with van der Waals surface area (Å²) in [5.41, 5.74) is 12.1.